The van der Waals surface area contributed by atoms with Crippen LogP contribution in [-0.2, 0) is 4.74 Å². The first-order valence-corrected chi connectivity index (χ1v) is 5.66. The molecule has 88 valence electrons. The van der Waals surface area contributed by atoms with E-state index in [0.717, 1.165) is 21.7 Å². The number of esters is 1. The molecule has 0 aliphatic carbocycles. The topological polar surface area (TPSA) is 39.2 Å². The molecule has 0 saturated carbocycles. The highest BCUT2D eigenvalue weighted by Gasteiger charge is 2.12. The Morgan fingerprint density at radius 1 is 1.06 bits per heavy atom. The van der Waals surface area contributed by atoms with Crippen LogP contribution in [0.2, 0.25) is 0 Å². The van der Waals surface area contributed by atoms with Crippen LogP contribution in [0, 0.1) is 0 Å². The van der Waals surface area contributed by atoms with E-state index in [0.29, 0.717) is 5.56 Å². The Hall–Kier alpha value is -2.42. The molecule has 3 rings (SSSR count). The molecule has 0 amide bonds. The predicted molar refractivity (Wildman–Crippen MR) is 70.6 cm³/mol. The summed E-state index contributed by atoms with van der Waals surface area (Å²) in [5, 5.41) is 2.85. The number of fused-ring (bicyclic) bond motifs is 3. The molecule has 0 bridgehead atoms. The molecule has 0 aliphatic rings. The summed E-state index contributed by atoms with van der Waals surface area (Å²) in [4.78, 5) is 16.2. The SMILES string of the molecule is COC(=O)c1cccc2ccc3cccnc3c12. The maximum absolute atomic E-state index is 11.8. The number of hydrogen-bond donors (Lipinski definition) is 0. The predicted octanol–water partition coefficient (Wildman–Crippen LogP) is 3.17. The van der Waals surface area contributed by atoms with E-state index in [1.807, 2.05) is 36.4 Å². The van der Waals surface area contributed by atoms with E-state index in [-0.39, 0.29) is 5.97 Å². The molecule has 1 heterocycles. The van der Waals surface area contributed by atoms with Gasteiger partial charge in [0.05, 0.1) is 18.2 Å². The standard InChI is InChI=1S/C15H11NO2/c1-18-15(17)12-6-2-4-10-7-8-11-5-3-9-16-14(11)13(10)12/h2-9H,1H3. The van der Waals surface area contributed by atoms with Gasteiger partial charge in [-0.1, -0.05) is 30.3 Å². The van der Waals surface area contributed by atoms with Crippen LogP contribution < -0.4 is 0 Å². The number of hydrogen-bond acceptors (Lipinski definition) is 3. The number of rotatable bonds is 1. The van der Waals surface area contributed by atoms with Crippen LogP contribution in [0.4, 0.5) is 0 Å². The van der Waals surface area contributed by atoms with E-state index in [1.54, 1.807) is 12.3 Å². The number of ether oxygens (including phenoxy) is 1. The Bertz CT molecular complexity index is 750. The Morgan fingerprint density at radius 2 is 1.83 bits per heavy atom. The Morgan fingerprint density at radius 3 is 2.67 bits per heavy atom. The summed E-state index contributed by atoms with van der Waals surface area (Å²) in [5.41, 5.74) is 1.38. The van der Waals surface area contributed by atoms with Crippen molar-refractivity contribution < 1.29 is 9.53 Å². The Kier molecular flexibility index (Phi) is 2.45. The van der Waals surface area contributed by atoms with Crippen molar-refractivity contribution in [3.05, 3.63) is 54.2 Å². The fourth-order valence-corrected chi connectivity index (χ4v) is 2.19. The molecule has 0 radical (unpaired) electrons. The highest BCUT2D eigenvalue weighted by atomic mass is 16.5. The van der Waals surface area contributed by atoms with E-state index in [9.17, 15) is 4.79 Å². The molecule has 1 aromatic heterocycles. The van der Waals surface area contributed by atoms with Gasteiger partial charge < -0.3 is 4.74 Å². The molecular formula is C15H11NO2. The van der Waals surface area contributed by atoms with Gasteiger partial charge in [-0.05, 0) is 17.5 Å². The summed E-state index contributed by atoms with van der Waals surface area (Å²) in [6.07, 6.45) is 1.73. The van der Waals surface area contributed by atoms with Crippen LogP contribution in [-0.4, -0.2) is 18.1 Å². The summed E-state index contributed by atoms with van der Waals surface area (Å²) in [6, 6.07) is 13.4. The molecule has 0 spiro atoms. The van der Waals surface area contributed by atoms with Crippen molar-refractivity contribution in [3.63, 3.8) is 0 Å². The zero-order valence-electron chi connectivity index (χ0n) is 9.88. The molecule has 18 heavy (non-hydrogen) atoms. The van der Waals surface area contributed by atoms with Gasteiger partial charge >= 0.3 is 5.97 Å². The summed E-state index contributed by atoms with van der Waals surface area (Å²) in [6.45, 7) is 0. The highest BCUT2D eigenvalue weighted by molar-refractivity contribution is 6.15. The second-order valence-electron chi connectivity index (χ2n) is 4.04. The number of aromatic nitrogens is 1. The molecule has 3 aromatic rings. The number of benzene rings is 2. The molecule has 0 N–H and O–H groups in total. The van der Waals surface area contributed by atoms with Crippen molar-refractivity contribution in [3.8, 4) is 0 Å². The van der Waals surface area contributed by atoms with Crippen molar-refractivity contribution in [1.29, 1.82) is 0 Å². The maximum atomic E-state index is 11.8. The Balaban J connectivity index is 2.50. The molecular weight excluding hydrogens is 226 g/mol. The van der Waals surface area contributed by atoms with Crippen LogP contribution in [0.3, 0.4) is 0 Å². The highest BCUT2D eigenvalue weighted by Crippen LogP contribution is 2.27. The third-order valence-electron chi connectivity index (χ3n) is 3.02. The van der Waals surface area contributed by atoms with E-state index >= 15 is 0 Å². The second kappa shape index (κ2) is 4.11. The van der Waals surface area contributed by atoms with Crippen LogP contribution in [0.1, 0.15) is 10.4 Å². The number of methoxy groups -OCH3 is 1. The normalized spacial score (nSPS) is 10.7. The number of carbonyl (C=O) groups excluding carboxylic acids is 1. The number of carbonyl (C=O) groups is 1. The largest absolute Gasteiger partial charge is 0.465 e. The second-order valence-corrected chi connectivity index (χ2v) is 4.04. The molecule has 0 fully saturated rings. The quantitative estimate of drug-likeness (QED) is 0.482. The summed E-state index contributed by atoms with van der Waals surface area (Å²) >= 11 is 0. The molecule has 3 heteroatoms. The summed E-state index contributed by atoms with van der Waals surface area (Å²) < 4.78 is 4.83. The summed E-state index contributed by atoms with van der Waals surface area (Å²) in [5.74, 6) is -0.334. The third-order valence-corrected chi connectivity index (χ3v) is 3.02. The van der Waals surface area contributed by atoms with Crippen molar-refractivity contribution >= 4 is 27.6 Å². The van der Waals surface area contributed by atoms with Gasteiger partial charge in [0.25, 0.3) is 0 Å². The minimum atomic E-state index is -0.334. The van der Waals surface area contributed by atoms with Crippen LogP contribution in [0.25, 0.3) is 21.7 Å². The van der Waals surface area contributed by atoms with Gasteiger partial charge in [-0.25, -0.2) is 4.79 Å². The lowest BCUT2D eigenvalue weighted by Gasteiger charge is -2.07. The molecule has 0 unspecified atom stereocenters. The van der Waals surface area contributed by atoms with E-state index in [1.165, 1.54) is 7.11 Å². The Labute approximate surface area is 104 Å². The van der Waals surface area contributed by atoms with E-state index in [4.69, 9.17) is 4.74 Å². The monoisotopic (exact) mass is 237 g/mol. The lowest BCUT2D eigenvalue weighted by atomic mass is 10.0. The minimum Gasteiger partial charge on any atom is -0.465 e. The van der Waals surface area contributed by atoms with Gasteiger partial charge in [0.15, 0.2) is 0 Å². The van der Waals surface area contributed by atoms with Gasteiger partial charge in [0.2, 0.25) is 0 Å². The van der Waals surface area contributed by atoms with Crippen LogP contribution >= 0.6 is 0 Å². The first kappa shape index (κ1) is 10.7. The molecule has 0 saturated heterocycles. The average Bonchev–Trinajstić information content (AvgIpc) is 2.45. The van der Waals surface area contributed by atoms with E-state index in [2.05, 4.69) is 4.98 Å². The molecule has 2 aromatic carbocycles. The fourth-order valence-electron chi connectivity index (χ4n) is 2.19. The van der Waals surface area contributed by atoms with Crippen molar-refractivity contribution in [2.75, 3.05) is 7.11 Å². The van der Waals surface area contributed by atoms with Gasteiger partial charge in [-0.2, -0.15) is 0 Å². The smallest absolute Gasteiger partial charge is 0.338 e. The lowest BCUT2D eigenvalue weighted by Crippen LogP contribution is -2.02. The van der Waals surface area contributed by atoms with Crippen molar-refractivity contribution in [1.82, 2.24) is 4.98 Å². The van der Waals surface area contributed by atoms with E-state index < -0.39 is 0 Å². The van der Waals surface area contributed by atoms with Crippen molar-refractivity contribution in [2.45, 2.75) is 0 Å². The first-order valence-electron chi connectivity index (χ1n) is 5.66. The third kappa shape index (κ3) is 1.52. The zero-order chi connectivity index (χ0) is 12.5. The maximum Gasteiger partial charge on any atom is 0.338 e. The lowest BCUT2D eigenvalue weighted by molar-refractivity contribution is 0.0603. The zero-order valence-corrected chi connectivity index (χ0v) is 9.88. The first-order chi connectivity index (χ1) is 8.81. The molecule has 0 aliphatic heterocycles. The average molecular weight is 237 g/mol. The molecule has 3 nitrogen and oxygen atoms in total. The summed E-state index contributed by atoms with van der Waals surface area (Å²) in [7, 11) is 1.39. The minimum absolute atomic E-state index is 0.334. The van der Waals surface area contributed by atoms with Crippen LogP contribution in [0.5, 0.6) is 0 Å². The van der Waals surface area contributed by atoms with Gasteiger partial charge in [0.1, 0.15) is 0 Å². The van der Waals surface area contributed by atoms with Gasteiger partial charge in [-0.15, -0.1) is 0 Å². The number of pyridine rings is 1. The fraction of sp³-hybridized carbons (Fsp3) is 0.0667. The number of nitrogens with zero attached hydrogens (tertiary/aromatic N) is 1. The van der Waals surface area contributed by atoms with Gasteiger partial charge in [-0.3, -0.25) is 4.98 Å². The van der Waals surface area contributed by atoms with Crippen molar-refractivity contribution in [2.24, 2.45) is 0 Å². The molecule has 0 atom stereocenters. The van der Waals surface area contributed by atoms with Gasteiger partial charge in [0, 0.05) is 17.0 Å². The van der Waals surface area contributed by atoms with Crippen LogP contribution in [0.15, 0.2) is 48.7 Å².